The van der Waals surface area contributed by atoms with Crippen LogP contribution in [0.2, 0.25) is 0 Å². The number of rotatable bonds is 2. The van der Waals surface area contributed by atoms with Gasteiger partial charge in [0.25, 0.3) is 0 Å². The van der Waals surface area contributed by atoms with Crippen molar-refractivity contribution in [3.63, 3.8) is 0 Å². The number of likely N-dealkylation sites (tertiary alicyclic amines) is 1. The summed E-state index contributed by atoms with van der Waals surface area (Å²) in [6.07, 6.45) is 8.92. The highest BCUT2D eigenvalue weighted by molar-refractivity contribution is 5.78. The minimum Gasteiger partial charge on any atom is -0.342 e. The molecule has 2 heterocycles. The van der Waals surface area contributed by atoms with Gasteiger partial charge in [0.1, 0.15) is 0 Å². The standard InChI is InChI=1S/C17H31N3O/c1-15-5-10-19(11-6-15)16(21)13-20-12-9-18-14-17(20)7-3-2-4-8-17/h15,18H,2-14H2,1H3. The molecular weight excluding hydrogens is 262 g/mol. The molecule has 1 amide bonds. The molecule has 1 spiro atoms. The minimum absolute atomic E-state index is 0.273. The molecule has 1 aliphatic carbocycles. The molecule has 0 aromatic heterocycles. The van der Waals surface area contributed by atoms with E-state index < -0.39 is 0 Å². The molecule has 2 aliphatic heterocycles. The van der Waals surface area contributed by atoms with Gasteiger partial charge < -0.3 is 10.2 Å². The molecule has 4 nitrogen and oxygen atoms in total. The number of amides is 1. The van der Waals surface area contributed by atoms with Gasteiger partial charge in [-0.05, 0) is 31.6 Å². The van der Waals surface area contributed by atoms with Crippen LogP contribution in [0.1, 0.15) is 51.9 Å². The van der Waals surface area contributed by atoms with Crippen LogP contribution in [0.3, 0.4) is 0 Å². The van der Waals surface area contributed by atoms with E-state index in [1.54, 1.807) is 0 Å². The summed E-state index contributed by atoms with van der Waals surface area (Å²) in [4.78, 5) is 17.3. The van der Waals surface area contributed by atoms with Gasteiger partial charge in [0, 0.05) is 38.3 Å². The zero-order valence-corrected chi connectivity index (χ0v) is 13.6. The number of hydrogen-bond donors (Lipinski definition) is 1. The van der Waals surface area contributed by atoms with Crippen molar-refractivity contribution >= 4 is 5.91 Å². The highest BCUT2D eigenvalue weighted by Crippen LogP contribution is 2.34. The first-order valence-corrected chi connectivity index (χ1v) is 8.93. The van der Waals surface area contributed by atoms with Crippen molar-refractivity contribution in [1.82, 2.24) is 15.1 Å². The Morgan fingerprint density at radius 2 is 1.86 bits per heavy atom. The Morgan fingerprint density at radius 3 is 2.57 bits per heavy atom. The lowest BCUT2D eigenvalue weighted by Crippen LogP contribution is -2.63. The monoisotopic (exact) mass is 293 g/mol. The molecule has 1 saturated carbocycles. The van der Waals surface area contributed by atoms with Gasteiger partial charge in [-0.3, -0.25) is 9.69 Å². The van der Waals surface area contributed by atoms with E-state index in [-0.39, 0.29) is 5.54 Å². The summed E-state index contributed by atoms with van der Waals surface area (Å²) >= 11 is 0. The molecule has 3 aliphatic rings. The van der Waals surface area contributed by atoms with E-state index in [0.717, 1.165) is 38.6 Å². The van der Waals surface area contributed by atoms with Gasteiger partial charge in [0.2, 0.25) is 5.91 Å². The molecule has 4 heteroatoms. The van der Waals surface area contributed by atoms with E-state index in [1.807, 2.05) is 0 Å². The highest BCUT2D eigenvalue weighted by atomic mass is 16.2. The van der Waals surface area contributed by atoms with E-state index >= 15 is 0 Å². The van der Waals surface area contributed by atoms with E-state index in [9.17, 15) is 4.79 Å². The molecule has 0 aromatic rings. The third-order valence-electron chi connectivity index (χ3n) is 5.93. The molecule has 0 radical (unpaired) electrons. The van der Waals surface area contributed by atoms with Crippen LogP contribution in [0.15, 0.2) is 0 Å². The van der Waals surface area contributed by atoms with Crippen LogP contribution in [0.25, 0.3) is 0 Å². The summed E-state index contributed by atoms with van der Waals surface area (Å²) in [7, 11) is 0. The molecule has 0 bridgehead atoms. The molecular formula is C17H31N3O. The second-order valence-corrected chi connectivity index (χ2v) is 7.45. The summed E-state index contributed by atoms with van der Waals surface area (Å²) < 4.78 is 0. The van der Waals surface area contributed by atoms with Crippen molar-refractivity contribution in [3.8, 4) is 0 Å². The van der Waals surface area contributed by atoms with Gasteiger partial charge in [0.05, 0.1) is 6.54 Å². The Bertz CT molecular complexity index is 349. The number of piperidine rings is 1. The predicted octanol–water partition coefficient (Wildman–Crippen LogP) is 1.85. The minimum atomic E-state index is 0.273. The normalized spacial score (nSPS) is 28.0. The number of hydrogen-bond acceptors (Lipinski definition) is 3. The molecule has 3 rings (SSSR count). The fraction of sp³-hybridized carbons (Fsp3) is 0.941. The van der Waals surface area contributed by atoms with Crippen LogP contribution in [-0.2, 0) is 4.79 Å². The summed E-state index contributed by atoms with van der Waals surface area (Å²) in [5.41, 5.74) is 0.273. The summed E-state index contributed by atoms with van der Waals surface area (Å²) in [6, 6.07) is 0. The highest BCUT2D eigenvalue weighted by Gasteiger charge is 2.40. The lowest BCUT2D eigenvalue weighted by molar-refractivity contribution is -0.136. The molecule has 0 aromatic carbocycles. The van der Waals surface area contributed by atoms with Gasteiger partial charge in [0.15, 0.2) is 0 Å². The molecule has 2 saturated heterocycles. The van der Waals surface area contributed by atoms with E-state index in [2.05, 4.69) is 22.0 Å². The lowest BCUT2D eigenvalue weighted by Gasteiger charge is -2.50. The average molecular weight is 293 g/mol. The fourth-order valence-corrected chi connectivity index (χ4v) is 4.35. The van der Waals surface area contributed by atoms with Crippen LogP contribution in [0.5, 0.6) is 0 Å². The van der Waals surface area contributed by atoms with Gasteiger partial charge in [-0.2, -0.15) is 0 Å². The molecule has 1 N–H and O–H groups in total. The van der Waals surface area contributed by atoms with E-state index in [1.165, 1.54) is 44.9 Å². The number of carbonyl (C=O) groups is 1. The Morgan fingerprint density at radius 1 is 1.14 bits per heavy atom. The zero-order chi connectivity index (χ0) is 14.7. The van der Waals surface area contributed by atoms with Gasteiger partial charge in [-0.15, -0.1) is 0 Å². The van der Waals surface area contributed by atoms with Crippen molar-refractivity contribution < 1.29 is 4.79 Å². The number of nitrogens with one attached hydrogen (secondary N) is 1. The Hall–Kier alpha value is -0.610. The summed E-state index contributed by atoms with van der Waals surface area (Å²) in [5.74, 6) is 1.16. The van der Waals surface area contributed by atoms with Crippen LogP contribution < -0.4 is 5.32 Å². The Kier molecular flexibility index (Phi) is 4.85. The van der Waals surface area contributed by atoms with Crippen molar-refractivity contribution in [3.05, 3.63) is 0 Å². The van der Waals surface area contributed by atoms with Gasteiger partial charge in [-0.1, -0.05) is 26.2 Å². The third kappa shape index (κ3) is 3.42. The van der Waals surface area contributed by atoms with Crippen molar-refractivity contribution in [2.45, 2.75) is 57.4 Å². The Labute approximate surface area is 129 Å². The zero-order valence-electron chi connectivity index (χ0n) is 13.6. The van der Waals surface area contributed by atoms with Crippen LogP contribution in [0.4, 0.5) is 0 Å². The maximum atomic E-state index is 12.7. The van der Waals surface area contributed by atoms with Crippen LogP contribution in [0, 0.1) is 5.92 Å². The Balaban J connectivity index is 1.60. The van der Waals surface area contributed by atoms with Crippen molar-refractivity contribution in [2.24, 2.45) is 5.92 Å². The van der Waals surface area contributed by atoms with Gasteiger partial charge >= 0.3 is 0 Å². The quantitative estimate of drug-likeness (QED) is 0.844. The second-order valence-electron chi connectivity index (χ2n) is 7.45. The third-order valence-corrected chi connectivity index (χ3v) is 5.93. The first-order valence-electron chi connectivity index (χ1n) is 8.93. The average Bonchev–Trinajstić information content (AvgIpc) is 2.51. The van der Waals surface area contributed by atoms with Crippen molar-refractivity contribution in [1.29, 1.82) is 0 Å². The predicted molar refractivity (Wildman–Crippen MR) is 85.2 cm³/mol. The van der Waals surface area contributed by atoms with Gasteiger partial charge in [-0.25, -0.2) is 0 Å². The summed E-state index contributed by atoms with van der Waals surface area (Å²) in [5, 5.41) is 3.57. The maximum absolute atomic E-state index is 12.7. The van der Waals surface area contributed by atoms with E-state index in [4.69, 9.17) is 0 Å². The molecule has 0 atom stereocenters. The SMILES string of the molecule is CC1CCN(C(=O)CN2CCNCC23CCCCC3)CC1. The smallest absolute Gasteiger partial charge is 0.236 e. The fourth-order valence-electron chi connectivity index (χ4n) is 4.35. The topological polar surface area (TPSA) is 35.6 Å². The number of piperazine rings is 1. The molecule has 0 unspecified atom stereocenters. The largest absolute Gasteiger partial charge is 0.342 e. The number of nitrogens with zero attached hydrogens (tertiary/aromatic N) is 2. The molecule has 3 fully saturated rings. The maximum Gasteiger partial charge on any atom is 0.236 e. The molecule has 21 heavy (non-hydrogen) atoms. The van der Waals surface area contributed by atoms with Crippen molar-refractivity contribution in [2.75, 3.05) is 39.3 Å². The van der Waals surface area contributed by atoms with Crippen LogP contribution >= 0.6 is 0 Å². The lowest BCUT2D eigenvalue weighted by atomic mass is 9.79. The second kappa shape index (κ2) is 6.66. The van der Waals surface area contributed by atoms with E-state index in [0.29, 0.717) is 12.5 Å². The molecule has 120 valence electrons. The first-order chi connectivity index (χ1) is 10.2. The van der Waals surface area contributed by atoms with Crippen LogP contribution in [-0.4, -0.2) is 60.5 Å². The summed E-state index contributed by atoms with van der Waals surface area (Å²) in [6.45, 7) is 8.04. The first kappa shape index (κ1) is 15.3. The number of carbonyl (C=O) groups excluding carboxylic acids is 1.